The lowest BCUT2D eigenvalue weighted by Gasteiger charge is -2.23. The summed E-state index contributed by atoms with van der Waals surface area (Å²) in [5.41, 5.74) is 0. The Morgan fingerprint density at radius 1 is 1.10 bits per heavy atom. The summed E-state index contributed by atoms with van der Waals surface area (Å²) in [6, 6.07) is 5.94. The van der Waals surface area contributed by atoms with E-state index in [2.05, 4.69) is 14.9 Å². The summed E-state index contributed by atoms with van der Waals surface area (Å²) < 4.78 is 19.1. The molecule has 166 valence electrons. The van der Waals surface area contributed by atoms with E-state index >= 15 is 0 Å². The zero-order valence-corrected chi connectivity index (χ0v) is 18.4. The van der Waals surface area contributed by atoms with Gasteiger partial charge in [-0.05, 0) is 30.9 Å². The maximum absolute atomic E-state index is 13.4. The molecule has 1 aromatic heterocycles. The normalized spacial score (nSPS) is 17.6. The predicted molar refractivity (Wildman–Crippen MR) is 118 cm³/mol. The molecule has 4 rings (SSSR count). The molecule has 1 saturated carbocycles. The van der Waals surface area contributed by atoms with Crippen LogP contribution in [0.2, 0.25) is 5.02 Å². The van der Waals surface area contributed by atoms with Gasteiger partial charge in [0.15, 0.2) is 0 Å². The SMILES string of the molecule is O=C(CCC1CCCC1)N1CCCN(c2cc(Oc3ccc(F)c(Cl)c3)ncn2)CC1. The lowest BCUT2D eigenvalue weighted by atomic mass is 10.0. The predicted octanol–water partition coefficient (Wildman–Crippen LogP) is 5.07. The molecule has 2 fully saturated rings. The van der Waals surface area contributed by atoms with Crippen LogP contribution in [-0.2, 0) is 4.79 Å². The smallest absolute Gasteiger partial charge is 0.224 e. The van der Waals surface area contributed by atoms with Crippen LogP contribution < -0.4 is 9.64 Å². The standard InChI is InChI=1S/C23H28ClFN4O2/c24-19-14-18(7-8-20(19)25)31-22-15-21(26-16-27-22)28-10-3-11-29(13-12-28)23(30)9-6-17-4-1-2-5-17/h7-8,14-17H,1-6,9-13H2. The van der Waals surface area contributed by atoms with Crippen molar-refractivity contribution < 1.29 is 13.9 Å². The molecule has 0 N–H and O–H groups in total. The summed E-state index contributed by atoms with van der Waals surface area (Å²) >= 11 is 5.82. The molecule has 0 unspecified atom stereocenters. The molecule has 6 nitrogen and oxygen atoms in total. The van der Waals surface area contributed by atoms with Crippen molar-refractivity contribution in [1.29, 1.82) is 0 Å². The molecule has 0 bridgehead atoms. The number of aromatic nitrogens is 2. The van der Waals surface area contributed by atoms with Crippen LogP contribution in [0.3, 0.4) is 0 Å². The van der Waals surface area contributed by atoms with Crippen molar-refractivity contribution >= 4 is 23.3 Å². The van der Waals surface area contributed by atoms with Crippen LogP contribution in [0.15, 0.2) is 30.6 Å². The Kier molecular flexibility index (Phi) is 7.22. The van der Waals surface area contributed by atoms with E-state index in [1.54, 1.807) is 6.07 Å². The molecule has 2 heterocycles. The third kappa shape index (κ3) is 5.85. The number of amides is 1. The Morgan fingerprint density at radius 3 is 2.74 bits per heavy atom. The van der Waals surface area contributed by atoms with E-state index in [-0.39, 0.29) is 10.9 Å². The van der Waals surface area contributed by atoms with Crippen LogP contribution in [0.4, 0.5) is 10.2 Å². The van der Waals surface area contributed by atoms with E-state index in [4.69, 9.17) is 16.3 Å². The van der Waals surface area contributed by atoms with Gasteiger partial charge in [-0.25, -0.2) is 14.4 Å². The summed E-state index contributed by atoms with van der Waals surface area (Å²) in [6.07, 6.45) is 9.23. The Labute approximate surface area is 187 Å². The number of halogens is 2. The van der Waals surface area contributed by atoms with Gasteiger partial charge in [0, 0.05) is 44.7 Å². The van der Waals surface area contributed by atoms with Crippen LogP contribution in [0.25, 0.3) is 0 Å². The molecule has 1 aromatic carbocycles. The van der Waals surface area contributed by atoms with E-state index in [1.807, 2.05) is 4.90 Å². The van der Waals surface area contributed by atoms with Crippen LogP contribution in [0, 0.1) is 11.7 Å². The number of carbonyl (C=O) groups excluding carboxylic acids is 1. The van der Waals surface area contributed by atoms with E-state index in [0.29, 0.717) is 31.1 Å². The Bertz CT molecular complexity index is 907. The number of carbonyl (C=O) groups is 1. The van der Waals surface area contributed by atoms with Crippen LogP contribution in [0.5, 0.6) is 11.6 Å². The molecule has 1 aliphatic carbocycles. The largest absolute Gasteiger partial charge is 0.439 e. The summed E-state index contributed by atoms with van der Waals surface area (Å²) in [4.78, 5) is 25.4. The van der Waals surface area contributed by atoms with Crippen molar-refractivity contribution in [3.63, 3.8) is 0 Å². The summed E-state index contributed by atoms with van der Waals surface area (Å²) in [6.45, 7) is 3.00. The molecule has 8 heteroatoms. The first-order chi connectivity index (χ1) is 15.1. The van der Waals surface area contributed by atoms with Crippen LogP contribution >= 0.6 is 11.6 Å². The highest BCUT2D eigenvalue weighted by Gasteiger charge is 2.22. The monoisotopic (exact) mass is 446 g/mol. The second kappa shape index (κ2) is 10.3. The average molecular weight is 447 g/mol. The summed E-state index contributed by atoms with van der Waals surface area (Å²) in [7, 11) is 0. The Morgan fingerprint density at radius 2 is 1.94 bits per heavy atom. The second-order valence-electron chi connectivity index (χ2n) is 8.30. The number of hydrogen-bond donors (Lipinski definition) is 0. The highest BCUT2D eigenvalue weighted by atomic mass is 35.5. The lowest BCUT2D eigenvalue weighted by molar-refractivity contribution is -0.131. The number of benzene rings is 1. The van der Waals surface area contributed by atoms with Gasteiger partial charge in [-0.2, -0.15) is 0 Å². The highest BCUT2D eigenvalue weighted by molar-refractivity contribution is 6.30. The quantitative estimate of drug-likeness (QED) is 0.620. The van der Waals surface area contributed by atoms with E-state index < -0.39 is 5.82 Å². The second-order valence-corrected chi connectivity index (χ2v) is 8.71. The summed E-state index contributed by atoms with van der Waals surface area (Å²) in [5.74, 6) is 2.03. The molecule has 2 aromatic rings. The number of hydrogen-bond acceptors (Lipinski definition) is 5. The summed E-state index contributed by atoms with van der Waals surface area (Å²) in [5, 5.41) is -0.00279. The zero-order valence-electron chi connectivity index (χ0n) is 17.6. The Hall–Kier alpha value is -2.41. The molecule has 1 saturated heterocycles. The van der Waals surface area contributed by atoms with Gasteiger partial charge in [0.2, 0.25) is 11.8 Å². The van der Waals surface area contributed by atoms with Gasteiger partial charge >= 0.3 is 0 Å². The molecule has 0 spiro atoms. The molecule has 31 heavy (non-hydrogen) atoms. The van der Waals surface area contributed by atoms with Crippen molar-refractivity contribution in [3.05, 3.63) is 41.4 Å². The van der Waals surface area contributed by atoms with Crippen LogP contribution in [0.1, 0.15) is 44.9 Å². The first-order valence-corrected chi connectivity index (χ1v) is 11.4. The van der Waals surface area contributed by atoms with Crippen molar-refractivity contribution in [3.8, 4) is 11.6 Å². The van der Waals surface area contributed by atoms with Gasteiger partial charge in [-0.1, -0.05) is 37.3 Å². The van der Waals surface area contributed by atoms with Crippen molar-refractivity contribution in [2.75, 3.05) is 31.1 Å². The number of nitrogens with zero attached hydrogens (tertiary/aromatic N) is 4. The third-order valence-corrected chi connectivity index (χ3v) is 6.44. The molecule has 2 aliphatic rings. The van der Waals surface area contributed by atoms with Gasteiger partial charge in [0.1, 0.15) is 23.7 Å². The van der Waals surface area contributed by atoms with E-state index in [1.165, 1.54) is 50.2 Å². The van der Waals surface area contributed by atoms with Gasteiger partial charge in [-0.3, -0.25) is 4.79 Å². The third-order valence-electron chi connectivity index (χ3n) is 6.15. The fourth-order valence-corrected chi connectivity index (χ4v) is 4.57. The van der Waals surface area contributed by atoms with Crippen molar-refractivity contribution in [2.24, 2.45) is 5.92 Å². The molecular formula is C23H28ClFN4O2. The lowest BCUT2D eigenvalue weighted by Crippen LogP contribution is -2.35. The van der Waals surface area contributed by atoms with Gasteiger partial charge < -0.3 is 14.5 Å². The maximum atomic E-state index is 13.4. The topological polar surface area (TPSA) is 58.6 Å². The minimum Gasteiger partial charge on any atom is -0.439 e. The minimum absolute atomic E-state index is 0.00279. The molecule has 1 amide bonds. The maximum Gasteiger partial charge on any atom is 0.224 e. The minimum atomic E-state index is -0.496. The highest BCUT2D eigenvalue weighted by Crippen LogP contribution is 2.29. The van der Waals surface area contributed by atoms with Gasteiger partial charge in [-0.15, -0.1) is 0 Å². The fourth-order valence-electron chi connectivity index (χ4n) is 4.40. The van der Waals surface area contributed by atoms with Gasteiger partial charge in [0.05, 0.1) is 5.02 Å². The number of anilines is 1. The molecule has 1 aliphatic heterocycles. The Balaban J connectivity index is 1.33. The van der Waals surface area contributed by atoms with Crippen molar-refractivity contribution in [2.45, 2.75) is 44.9 Å². The van der Waals surface area contributed by atoms with E-state index in [0.717, 1.165) is 37.7 Å². The molecule has 0 radical (unpaired) electrons. The molecule has 0 atom stereocenters. The van der Waals surface area contributed by atoms with E-state index in [9.17, 15) is 9.18 Å². The first-order valence-electron chi connectivity index (χ1n) is 11.1. The van der Waals surface area contributed by atoms with Crippen molar-refractivity contribution in [1.82, 2.24) is 14.9 Å². The average Bonchev–Trinajstić information content (AvgIpc) is 3.17. The van der Waals surface area contributed by atoms with Gasteiger partial charge in [0.25, 0.3) is 0 Å². The fraction of sp³-hybridized carbons (Fsp3) is 0.522. The number of ether oxygens (including phenoxy) is 1. The van der Waals surface area contributed by atoms with Crippen LogP contribution in [-0.4, -0.2) is 47.0 Å². The number of rotatable bonds is 6. The zero-order chi connectivity index (χ0) is 21.6. The first kappa shape index (κ1) is 21.8. The molecular weight excluding hydrogens is 419 g/mol.